The second-order valence-electron chi connectivity index (χ2n) is 7.43. The molecular formula is C19H22N4O3S. The Balaban J connectivity index is 1.65. The Kier molecular flexibility index (Phi) is 4.61. The normalized spacial score (nSPS) is 20.4. The fourth-order valence-corrected chi connectivity index (χ4v) is 4.79. The number of nitro benzene ring substituents is 1. The van der Waals surface area contributed by atoms with E-state index in [-0.39, 0.29) is 34.3 Å². The standard InChI is InChI=1S/C19H22N4O3S/c20-16-2-1-14(23(25)26)9-15(16)18(24)22(11-13-3-8-27-12-13)17-10-19(17)4-6-21-7-5-19/h1-3,8-9,12,17,21H,4-7,10-11,20H2. The predicted octanol–water partition coefficient (Wildman–Crippen LogP) is 3.02. The molecule has 1 amide bonds. The number of rotatable bonds is 5. The number of amides is 1. The molecule has 4 rings (SSSR count). The van der Waals surface area contributed by atoms with E-state index in [1.165, 1.54) is 18.2 Å². The highest BCUT2D eigenvalue weighted by molar-refractivity contribution is 7.07. The quantitative estimate of drug-likeness (QED) is 0.467. The molecule has 7 nitrogen and oxygen atoms in total. The van der Waals surface area contributed by atoms with Crippen LogP contribution in [-0.4, -0.2) is 34.9 Å². The molecule has 1 spiro atoms. The summed E-state index contributed by atoms with van der Waals surface area (Å²) in [5.41, 5.74) is 7.65. The van der Waals surface area contributed by atoms with Crippen LogP contribution in [0, 0.1) is 15.5 Å². The number of nitrogens with one attached hydrogen (secondary N) is 1. The van der Waals surface area contributed by atoms with Crippen LogP contribution in [0.25, 0.3) is 0 Å². The maximum Gasteiger partial charge on any atom is 0.270 e. The van der Waals surface area contributed by atoms with E-state index in [9.17, 15) is 14.9 Å². The number of carbonyl (C=O) groups is 1. The van der Waals surface area contributed by atoms with Gasteiger partial charge in [-0.3, -0.25) is 14.9 Å². The highest BCUT2D eigenvalue weighted by Gasteiger charge is 2.57. The van der Waals surface area contributed by atoms with Crippen molar-refractivity contribution in [3.63, 3.8) is 0 Å². The number of nitrogen functional groups attached to an aromatic ring is 1. The third-order valence-corrected chi connectivity index (χ3v) is 6.53. The van der Waals surface area contributed by atoms with Crippen LogP contribution in [-0.2, 0) is 6.54 Å². The molecule has 1 unspecified atom stereocenters. The minimum atomic E-state index is -0.495. The van der Waals surface area contributed by atoms with E-state index in [2.05, 4.69) is 5.32 Å². The van der Waals surface area contributed by atoms with Gasteiger partial charge < -0.3 is 16.0 Å². The molecule has 1 aliphatic heterocycles. The number of benzene rings is 1. The first-order valence-corrected chi connectivity index (χ1v) is 10.0. The first kappa shape index (κ1) is 17.9. The molecule has 2 aliphatic rings. The Labute approximate surface area is 161 Å². The van der Waals surface area contributed by atoms with Gasteiger partial charge in [0.1, 0.15) is 0 Å². The summed E-state index contributed by atoms with van der Waals surface area (Å²) in [4.78, 5) is 25.9. The maximum atomic E-state index is 13.4. The number of nitrogens with zero attached hydrogens (tertiary/aromatic N) is 2. The van der Waals surface area contributed by atoms with Crippen molar-refractivity contribution >= 4 is 28.6 Å². The second kappa shape index (κ2) is 6.94. The van der Waals surface area contributed by atoms with E-state index in [4.69, 9.17) is 5.73 Å². The predicted molar refractivity (Wildman–Crippen MR) is 105 cm³/mol. The van der Waals surface area contributed by atoms with Crippen LogP contribution in [0.1, 0.15) is 35.2 Å². The zero-order valence-electron chi connectivity index (χ0n) is 14.9. The molecule has 1 aromatic carbocycles. The monoisotopic (exact) mass is 386 g/mol. The summed E-state index contributed by atoms with van der Waals surface area (Å²) in [6.07, 6.45) is 3.09. The largest absolute Gasteiger partial charge is 0.398 e. The number of hydrogen-bond donors (Lipinski definition) is 2. The first-order chi connectivity index (χ1) is 13.0. The van der Waals surface area contributed by atoms with Gasteiger partial charge in [-0.25, -0.2) is 0 Å². The van der Waals surface area contributed by atoms with Crippen LogP contribution >= 0.6 is 11.3 Å². The lowest BCUT2D eigenvalue weighted by Gasteiger charge is -2.30. The number of hydrogen-bond acceptors (Lipinski definition) is 6. The summed E-state index contributed by atoms with van der Waals surface area (Å²) in [7, 11) is 0. The molecule has 2 aromatic rings. The van der Waals surface area contributed by atoms with Crippen LogP contribution in [0.4, 0.5) is 11.4 Å². The van der Waals surface area contributed by atoms with E-state index < -0.39 is 4.92 Å². The Morgan fingerprint density at radius 1 is 1.37 bits per heavy atom. The Bertz CT molecular complexity index is 862. The van der Waals surface area contributed by atoms with E-state index in [0.29, 0.717) is 6.54 Å². The van der Waals surface area contributed by atoms with Gasteiger partial charge in [0, 0.05) is 30.4 Å². The number of carbonyl (C=O) groups excluding carboxylic acids is 1. The van der Waals surface area contributed by atoms with Gasteiger partial charge in [-0.2, -0.15) is 11.3 Å². The first-order valence-electron chi connectivity index (χ1n) is 9.07. The van der Waals surface area contributed by atoms with Gasteiger partial charge in [-0.05, 0) is 66.2 Å². The summed E-state index contributed by atoms with van der Waals surface area (Å²) >= 11 is 1.60. The zero-order valence-corrected chi connectivity index (χ0v) is 15.7. The third-order valence-electron chi connectivity index (χ3n) is 5.79. The van der Waals surface area contributed by atoms with Gasteiger partial charge in [-0.15, -0.1) is 0 Å². The Morgan fingerprint density at radius 2 is 2.15 bits per heavy atom. The lowest BCUT2D eigenvalue weighted by Crippen LogP contribution is -2.39. The average molecular weight is 386 g/mol. The van der Waals surface area contributed by atoms with E-state index in [1.54, 1.807) is 11.3 Å². The topological polar surface area (TPSA) is 101 Å². The van der Waals surface area contributed by atoms with Crippen molar-refractivity contribution < 1.29 is 9.72 Å². The van der Waals surface area contributed by atoms with Crippen LogP contribution in [0.3, 0.4) is 0 Å². The zero-order chi connectivity index (χ0) is 19.0. The molecule has 1 aromatic heterocycles. The lowest BCUT2D eigenvalue weighted by molar-refractivity contribution is -0.384. The smallest absolute Gasteiger partial charge is 0.270 e. The van der Waals surface area contributed by atoms with Crippen LogP contribution < -0.4 is 11.1 Å². The van der Waals surface area contributed by atoms with E-state index >= 15 is 0 Å². The van der Waals surface area contributed by atoms with Crippen molar-refractivity contribution in [3.05, 3.63) is 56.3 Å². The maximum absolute atomic E-state index is 13.4. The van der Waals surface area contributed by atoms with Crippen LogP contribution in [0.2, 0.25) is 0 Å². The number of piperidine rings is 1. The average Bonchev–Trinajstić information content (AvgIpc) is 3.09. The fourth-order valence-electron chi connectivity index (χ4n) is 4.13. The Hall–Kier alpha value is -2.45. The van der Waals surface area contributed by atoms with Gasteiger partial charge in [0.25, 0.3) is 11.6 Å². The molecule has 27 heavy (non-hydrogen) atoms. The molecule has 1 saturated carbocycles. The highest BCUT2D eigenvalue weighted by atomic mass is 32.1. The van der Waals surface area contributed by atoms with Crippen molar-refractivity contribution in [2.75, 3.05) is 18.8 Å². The summed E-state index contributed by atoms with van der Waals surface area (Å²) in [5.74, 6) is -0.220. The number of anilines is 1. The molecular weight excluding hydrogens is 364 g/mol. The minimum absolute atomic E-state index is 0.115. The number of nitro groups is 1. The molecule has 1 saturated heterocycles. The van der Waals surface area contributed by atoms with Crippen LogP contribution in [0.15, 0.2) is 35.0 Å². The second-order valence-corrected chi connectivity index (χ2v) is 8.21. The molecule has 0 bridgehead atoms. The van der Waals surface area contributed by atoms with Crippen LogP contribution in [0.5, 0.6) is 0 Å². The molecule has 1 aliphatic carbocycles. The van der Waals surface area contributed by atoms with Crippen molar-refractivity contribution in [1.29, 1.82) is 0 Å². The summed E-state index contributed by atoms with van der Waals surface area (Å²) < 4.78 is 0. The van der Waals surface area contributed by atoms with Crippen molar-refractivity contribution in [2.45, 2.75) is 31.8 Å². The molecule has 8 heteroatoms. The molecule has 1 atom stereocenters. The summed E-state index contributed by atoms with van der Waals surface area (Å²) in [6.45, 7) is 2.44. The highest BCUT2D eigenvalue weighted by Crippen LogP contribution is 2.56. The molecule has 0 radical (unpaired) electrons. The molecule has 2 heterocycles. The summed E-state index contributed by atoms with van der Waals surface area (Å²) in [6, 6.07) is 6.25. The molecule has 2 fully saturated rings. The number of thiophene rings is 1. The minimum Gasteiger partial charge on any atom is -0.398 e. The Morgan fingerprint density at radius 3 is 2.81 bits per heavy atom. The van der Waals surface area contributed by atoms with Gasteiger partial charge in [-0.1, -0.05) is 0 Å². The van der Waals surface area contributed by atoms with Crippen molar-refractivity contribution in [3.8, 4) is 0 Å². The molecule has 142 valence electrons. The molecule has 3 N–H and O–H groups in total. The summed E-state index contributed by atoms with van der Waals surface area (Å²) in [5, 5.41) is 18.5. The van der Waals surface area contributed by atoms with Gasteiger partial charge in [0.05, 0.1) is 10.5 Å². The SMILES string of the molecule is Nc1ccc([N+](=O)[O-])cc1C(=O)N(Cc1ccsc1)C1CC12CCNCC2. The van der Waals surface area contributed by atoms with Gasteiger partial charge >= 0.3 is 0 Å². The number of non-ortho nitro benzene ring substituents is 1. The van der Waals surface area contributed by atoms with Gasteiger partial charge in [0.15, 0.2) is 0 Å². The van der Waals surface area contributed by atoms with Gasteiger partial charge in [0.2, 0.25) is 0 Å². The fraction of sp³-hybridized carbons (Fsp3) is 0.421. The van der Waals surface area contributed by atoms with E-state index in [0.717, 1.165) is 37.9 Å². The van der Waals surface area contributed by atoms with Crippen molar-refractivity contribution in [2.24, 2.45) is 5.41 Å². The third kappa shape index (κ3) is 3.42. The van der Waals surface area contributed by atoms with E-state index in [1.807, 2.05) is 21.7 Å². The number of nitrogens with two attached hydrogens (primary N) is 1. The van der Waals surface area contributed by atoms with Crippen molar-refractivity contribution in [1.82, 2.24) is 10.2 Å². The lowest BCUT2D eigenvalue weighted by atomic mass is 9.93.